The lowest BCUT2D eigenvalue weighted by Crippen LogP contribution is -2.01. The first-order chi connectivity index (χ1) is 8.31. The third kappa shape index (κ3) is 4.88. The van der Waals surface area contributed by atoms with Crippen LogP contribution in [-0.4, -0.2) is 30.3 Å². The van der Waals surface area contributed by atoms with Gasteiger partial charge in [0.1, 0.15) is 0 Å². The van der Waals surface area contributed by atoms with Gasteiger partial charge in [0, 0.05) is 0 Å². The molecule has 1 N–H and O–H groups in total. The van der Waals surface area contributed by atoms with Gasteiger partial charge in [-0.1, -0.05) is 13.0 Å². The summed E-state index contributed by atoms with van der Waals surface area (Å²) < 4.78 is 10.9. The van der Waals surface area contributed by atoms with E-state index >= 15 is 0 Å². The van der Waals surface area contributed by atoms with Gasteiger partial charge >= 0.3 is 0 Å². The monoisotopic (exact) mass is 256 g/mol. The maximum Gasteiger partial charge on any atom is 0.161 e. The normalized spacial score (nSPS) is 10.3. The number of aliphatic hydroxyl groups excluding tert-OH is 1. The second-order valence-electron chi connectivity index (χ2n) is 3.54. The van der Waals surface area contributed by atoms with E-state index in [1.807, 2.05) is 23.9 Å². The lowest BCUT2D eigenvalue weighted by atomic mass is 10.2. The van der Waals surface area contributed by atoms with Gasteiger partial charge in [-0.05, 0) is 35.6 Å². The highest BCUT2D eigenvalue weighted by atomic mass is 32.2. The summed E-state index contributed by atoms with van der Waals surface area (Å²) in [4.78, 5) is 0. The Labute approximate surface area is 107 Å². The van der Waals surface area contributed by atoms with Gasteiger partial charge in [-0.2, -0.15) is 11.8 Å². The zero-order chi connectivity index (χ0) is 12.5. The molecule has 0 aliphatic carbocycles. The minimum Gasteiger partial charge on any atom is -0.493 e. The minimum atomic E-state index is 0.0176. The van der Waals surface area contributed by atoms with Crippen LogP contribution in [0.2, 0.25) is 0 Å². The summed E-state index contributed by atoms with van der Waals surface area (Å²) in [6.45, 7) is 2.87. The van der Waals surface area contributed by atoms with Crippen molar-refractivity contribution in [2.45, 2.75) is 20.0 Å². The molecule has 0 radical (unpaired) electrons. The highest BCUT2D eigenvalue weighted by Crippen LogP contribution is 2.28. The molecule has 0 aromatic heterocycles. The lowest BCUT2D eigenvalue weighted by Gasteiger charge is -2.11. The fourth-order valence-corrected chi connectivity index (χ4v) is 2.03. The fraction of sp³-hybridized carbons (Fsp3) is 0.538. The van der Waals surface area contributed by atoms with Crippen molar-refractivity contribution < 1.29 is 14.6 Å². The van der Waals surface area contributed by atoms with Crippen LogP contribution in [0.4, 0.5) is 0 Å². The Hall–Kier alpha value is -0.870. The van der Waals surface area contributed by atoms with Crippen LogP contribution in [0.15, 0.2) is 18.2 Å². The number of benzene rings is 1. The smallest absolute Gasteiger partial charge is 0.161 e. The number of hydrogen-bond acceptors (Lipinski definition) is 4. The molecule has 96 valence electrons. The van der Waals surface area contributed by atoms with E-state index in [2.05, 4.69) is 6.92 Å². The van der Waals surface area contributed by atoms with E-state index in [0.717, 1.165) is 29.2 Å². The van der Waals surface area contributed by atoms with Crippen molar-refractivity contribution in [3.63, 3.8) is 0 Å². The van der Waals surface area contributed by atoms with Crippen molar-refractivity contribution in [2.24, 2.45) is 0 Å². The maximum absolute atomic E-state index is 9.02. The molecule has 1 aromatic rings. The van der Waals surface area contributed by atoms with Crippen molar-refractivity contribution in [1.29, 1.82) is 0 Å². The van der Waals surface area contributed by atoms with Crippen molar-refractivity contribution in [1.82, 2.24) is 0 Å². The summed E-state index contributed by atoms with van der Waals surface area (Å²) in [5, 5.41) is 9.02. The number of ether oxygens (including phenoxy) is 2. The minimum absolute atomic E-state index is 0.0176. The lowest BCUT2D eigenvalue weighted by molar-refractivity contribution is 0.277. The quantitative estimate of drug-likeness (QED) is 0.726. The maximum atomic E-state index is 9.02. The number of methoxy groups -OCH3 is 1. The van der Waals surface area contributed by atoms with Crippen LogP contribution in [0.1, 0.15) is 18.9 Å². The topological polar surface area (TPSA) is 38.7 Å². The van der Waals surface area contributed by atoms with Crippen LogP contribution in [0, 0.1) is 0 Å². The van der Waals surface area contributed by atoms with E-state index < -0.39 is 0 Å². The molecule has 0 bridgehead atoms. The molecule has 0 aliphatic heterocycles. The highest BCUT2D eigenvalue weighted by molar-refractivity contribution is 7.99. The van der Waals surface area contributed by atoms with E-state index in [0.29, 0.717) is 12.4 Å². The van der Waals surface area contributed by atoms with Crippen LogP contribution >= 0.6 is 11.8 Å². The van der Waals surface area contributed by atoms with Gasteiger partial charge in [0.15, 0.2) is 11.5 Å². The predicted octanol–water partition coefficient (Wildman–Crippen LogP) is 2.71. The van der Waals surface area contributed by atoms with E-state index in [9.17, 15) is 0 Å². The number of rotatable bonds is 8. The molecule has 0 heterocycles. The zero-order valence-corrected chi connectivity index (χ0v) is 11.3. The van der Waals surface area contributed by atoms with E-state index in [1.54, 1.807) is 13.2 Å². The molecule has 17 heavy (non-hydrogen) atoms. The van der Waals surface area contributed by atoms with Crippen LogP contribution < -0.4 is 9.47 Å². The van der Waals surface area contributed by atoms with Crippen molar-refractivity contribution >= 4 is 11.8 Å². The second-order valence-corrected chi connectivity index (χ2v) is 4.94. The Morgan fingerprint density at radius 3 is 2.76 bits per heavy atom. The van der Waals surface area contributed by atoms with Crippen LogP contribution in [0.3, 0.4) is 0 Å². The Bertz CT molecular complexity index is 328. The molecule has 0 amide bonds. The van der Waals surface area contributed by atoms with E-state index in [4.69, 9.17) is 14.6 Å². The van der Waals surface area contributed by atoms with Crippen molar-refractivity contribution in [3.8, 4) is 11.5 Å². The number of aliphatic hydroxyl groups is 1. The third-order valence-electron chi connectivity index (χ3n) is 2.31. The molecule has 0 saturated carbocycles. The molecule has 0 spiro atoms. The molecular weight excluding hydrogens is 236 g/mol. The molecule has 0 saturated heterocycles. The molecule has 3 nitrogen and oxygen atoms in total. The van der Waals surface area contributed by atoms with Crippen molar-refractivity contribution in [3.05, 3.63) is 23.8 Å². The molecule has 1 rings (SSSR count). The Morgan fingerprint density at radius 2 is 2.12 bits per heavy atom. The average molecular weight is 256 g/mol. The van der Waals surface area contributed by atoms with Crippen LogP contribution in [0.25, 0.3) is 0 Å². The largest absolute Gasteiger partial charge is 0.493 e. The van der Waals surface area contributed by atoms with E-state index in [1.165, 1.54) is 0 Å². The summed E-state index contributed by atoms with van der Waals surface area (Å²) >= 11 is 1.91. The first-order valence-corrected chi connectivity index (χ1v) is 6.95. The SMILES string of the molecule is CCSCCCOc1ccc(CO)cc1OC. The van der Waals surface area contributed by atoms with Crippen LogP contribution in [-0.2, 0) is 6.61 Å². The summed E-state index contributed by atoms with van der Waals surface area (Å²) in [6.07, 6.45) is 1.03. The molecule has 0 fully saturated rings. The summed E-state index contributed by atoms with van der Waals surface area (Å²) in [6, 6.07) is 5.49. The summed E-state index contributed by atoms with van der Waals surface area (Å²) in [5.74, 6) is 3.69. The predicted molar refractivity (Wildman–Crippen MR) is 72.0 cm³/mol. The molecule has 0 aliphatic rings. The van der Waals surface area contributed by atoms with Gasteiger partial charge in [0.2, 0.25) is 0 Å². The van der Waals surface area contributed by atoms with Gasteiger partial charge < -0.3 is 14.6 Å². The van der Waals surface area contributed by atoms with Gasteiger partial charge in [-0.3, -0.25) is 0 Å². The van der Waals surface area contributed by atoms with Gasteiger partial charge in [0.05, 0.1) is 20.3 Å². The Morgan fingerprint density at radius 1 is 1.29 bits per heavy atom. The molecule has 1 aromatic carbocycles. The first kappa shape index (κ1) is 14.2. The van der Waals surface area contributed by atoms with Gasteiger partial charge in [0.25, 0.3) is 0 Å². The van der Waals surface area contributed by atoms with Crippen molar-refractivity contribution in [2.75, 3.05) is 25.2 Å². The molecule has 0 atom stereocenters. The van der Waals surface area contributed by atoms with Gasteiger partial charge in [-0.25, -0.2) is 0 Å². The van der Waals surface area contributed by atoms with Gasteiger partial charge in [-0.15, -0.1) is 0 Å². The summed E-state index contributed by atoms with van der Waals surface area (Å²) in [5.41, 5.74) is 0.829. The Balaban J connectivity index is 2.46. The molecule has 4 heteroatoms. The van der Waals surface area contributed by atoms with E-state index in [-0.39, 0.29) is 6.61 Å². The molecular formula is C13H20O3S. The average Bonchev–Trinajstić information content (AvgIpc) is 2.38. The highest BCUT2D eigenvalue weighted by Gasteiger charge is 2.05. The Kier molecular flexibility index (Phi) is 6.89. The van der Waals surface area contributed by atoms with Crippen LogP contribution in [0.5, 0.6) is 11.5 Å². The third-order valence-corrected chi connectivity index (χ3v) is 3.29. The number of thioether (sulfide) groups is 1. The zero-order valence-electron chi connectivity index (χ0n) is 10.4. The molecule has 0 unspecified atom stereocenters. The first-order valence-electron chi connectivity index (χ1n) is 5.80. The number of hydrogen-bond donors (Lipinski definition) is 1. The second kappa shape index (κ2) is 8.25. The standard InChI is InChI=1S/C13H20O3S/c1-3-17-8-4-7-16-12-6-5-11(10-14)9-13(12)15-2/h5-6,9,14H,3-4,7-8,10H2,1-2H3. The summed E-state index contributed by atoms with van der Waals surface area (Å²) in [7, 11) is 1.61. The fourth-order valence-electron chi connectivity index (χ4n) is 1.42.